The summed E-state index contributed by atoms with van der Waals surface area (Å²) >= 11 is 0. The molecular weight excluding hydrogens is 278 g/mol. The van der Waals surface area contributed by atoms with E-state index in [9.17, 15) is 4.79 Å². The van der Waals surface area contributed by atoms with Gasteiger partial charge in [0.05, 0.1) is 19.1 Å². The first kappa shape index (κ1) is 16.8. The zero-order chi connectivity index (χ0) is 15.8. The molecular formula is C18H27NO3. The number of nitrogens with one attached hydrogen (secondary N) is 1. The SMILES string of the molecule is CCOCc1cccc(NC2CCC(C(=O)OCC)CC2)c1. The van der Waals surface area contributed by atoms with Crippen LogP contribution in [0.1, 0.15) is 45.1 Å². The lowest BCUT2D eigenvalue weighted by Crippen LogP contribution is -2.30. The van der Waals surface area contributed by atoms with Crippen molar-refractivity contribution in [2.75, 3.05) is 18.5 Å². The van der Waals surface area contributed by atoms with Crippen LogP contribution in [-0.2, 0) is 20.9 Å². The van der Waals surface area contributed by atoms with E-state index in [4.69, 9.17) is 9.47 Å². The predicted molar refractivity (Wildman–Crippen MR) is 87.8 cm³/mol. The summed E-state index contributed by atoms with van der Waals surface area (Å²) in [6.07, 6.45) is 3.85. The molecule has 4 heteroatoms. The molecule has 0 spiro atoms. The molecule has 1 aromatic rings. The van der Waals surface area contributed by atoms with Crippen LogP contribution < -0.4 is 5.32 Å². The summed E-state index contributed by atoms with van der Waals surface area (Å²) in [6.45, 7) is 5.73. The number of anilines is 1. The molecule has 0 bridgehead atoms. The highest BCUT2D eigenvalue weighted by atomic mass is 16.5. The van der Waals surface area contributed by atoms with Crippen molar-refractivity contribution < 1.29 is 14.3 Å². The van der Waals surface area contributed by atoms with E-state index in [0.717, 1.165) is 38.0 Å². The van der Waals surface area contributed by atoms with Gasteiger partial charge in [0.25, 0.3) is 0 Å². The van der Waals surface area contributed by atoms with Crippen LogP contribution in [0.5, 0.6) is 0 Å². The number of benzene rings is 1. The molecule has 0 radical (unpaired) electrons. The molecule has 0 saturated heterocycles. The topological polar surface area (TPSA) is 47.6 Å². The minimum Gasteiger partial charge on any atom is -0.466 e. The van der Waals surface area contributed by atoms with Crippen molar-refractivity contribution in [3.63, 3.8) is 0 Å². The fourth-order valence-corrected chi connectivity index (χ4v) is 2.94. The van der Waals surface area contributed by atoms with Gasteiger partial charge in [-0.1, -0.05) is 12.1 Å². The smallest absolute Gasteiger partial charge is 0.308 e. The minimum atomic E-state index is -0.0281. The van der Waals surface area contributed by atoms with E-state index in [1.165, 1.54) is 5.56 Å². The van der Waals surface area contributed by atoms with E-state index in [0.29, 0.717) is 19.3 Å². The summed E-state index contributed by atoms with van der Waals surface area (Å²) in [7, 11) is 0. The Kier molecular flexibility index (Phi) is 6.72. The largest absolute Gasteiger partial charge is 0.466 e. The molecule has 0 aromatic heterocycles. The van der Waals surface area contributed by atoms with Crippen molar-refractivity contribution >= 4 is 11.7 Å². The van der Waals surface area contributed by atoms with Gasteiger partial charge in [-0.2, -0.15) is 0 Å². The van der Waals surface area contributed by atoms with Crippen LogP contribution >= 0.6 is 0 Å². The van der Waals surface area contributed by atoms with Crippen molar-refractivity contribution in [3.05, 3.63) is 29.8 Å². The van der Waals surface area contributed by atoms with Crippen molar-refractivity contribution in [2.24, 2.45) is 5.92 Å². The molecule has 0 amide bonds. The highest BCUT2D eigenvalue weighted by molar-refractivity contribution is 5.72. The Morgan fingerprint density at radius 3 is 2.64 bits per heavy atom. The monoisotopic (exact) mass is 305 g/mol. The van der Waals surface area contributed by atoms with Crippen LogP contribution in [0.25, 0.3) is 0 Å². The fourth-order valence-electron chi connectivity index (χ4n) is 2.94. The number of rotatable bonds is 7. The van der Waals surface area contributed by atoms with E-state index in [1.54, 1.807) is 0 Å². The Labute approximate surface area is 133 Å². The van der Waals surface area contributed by atoms with E-state index >= 15 is 0 Å². The Balaban J connectivity index is 1.81. The molecule has 0 heterocycles. The van der Waals surface area contributed by atoms with Crippen LogP contribution in [0.15, 0.2) is 24.3 Å². The van der Waals surface area contributed by atoms with Gasteiger partial charge in [0.2, 0.25) is 0 Å². The molecule has 0 unspecified atom stereocenters. The number of carbonyl (C=O) groups excluding carboxylic acids is 1. The van der Waals surface area contributed by atoms with Gasteiger partial charge in [0.1, 0.15) is 0 Å². The Hall–Kier alpha value is -1.55. The molecule has 0 aliphatic heterocycles. The maximum Gasteiger partial charge on any atom is 0.308 e. The first-order valence-electron chi connectivity index (χ1n) is 8.32. The first-order valence-corrected chi connectivity index (χ1v) is 8.32. The summed E-state index contributed by atoms with van der Waals surface area (Å²) in [6, 6.07) is 8.81. The quantitative estimate of drug-likeness (QED) is 0.779. The zero-order valence-corrected chi connectivity index (χ0v) is 13.6. The molecule has 22 heavy (non-hydrogen) atoms. The number of esters is 1. The highest BCUT2D eigenvalue weighted by Gasteiger charge is 2.27. The standard InChI is InChI=1S/C18H27NO3/c1-3-21-13-14-6-5-7-17(12-14)19-16-10-8-15(9-11-16)18(20)22-4-2/h5-7,12,15-16,19H,3-4,8-11,13H2,1-2H3. The van der Waals surface area contributed by atoms with Gasteiger partial charge < -0.3 is 14.8 Å². The van der Waals surface area contributed by atoms with E-state index in [-0.39, 0.29) is 11.9 Å². The van der Waals surface area contributed by atoms with E-state index in [2.05, 4.69) is 29.6 Å². The minimum absolute atomic E-state index is 0.0281. The van der Waals surface area contributed by atoms with Crippen LogP contribution in [0.2, 0.25) is 0 Å². The van der Waals surface area contributed by atoms with Gasteiger partial charge in [0, 0.05) is 18.3 Å². The van der Waals surface area contributed by atoms with Crippen molar-refractivity contribution in [3.8, 4) is 0 Å². The number of ether oxygens (including phenoxy) is 2. The highest BCUT2D eigenvalue weighted by Crippen LogP contribution is 2.27. The molecule has 1 aliphatic carbocycles. The number of hydrogen-bond donors (Lipinski definition) is 1. The fraction of sp³-hybridized carbons (Fsp3) is 0.611. The Bertz CT molecular complexity index is 467. The summed E-state index contributed by atoms with van der Waals surface area (Å²) in [5, 5.41) is 3.58. The molecule has 4 nitrogen and oxygen atoms in total. The lowest BCUT2D eigenvalue weighted by molar-refractivity contribution is -0.149. The van der Waals surface area contributed by atoms with Gasteiger partial charge in [0.15, 0.2) is 0 Å². The lowest BCUT2D eigenvalue weighted by Gasteiger charge is -2.28. The second kappa shape index (κ2) is 8.79. The molecule has 1 aromatic carbocycles. The van der Waals surface area contributed by atoms with Gasteiger partial charge in [-0.3, -0.25) is 4.79 Å². The second-order valence-electron chi connectivity index (χ2n) is 5.78. The van der Waals surface area contributed by atoms with Crippen LogP contribution in [0, 0.1) is 5.92 Å². The number of hydrogen-bond acceptors (Lipinski definition) is 4. The van der Waals surface area contributed by atoms with Crippen LogP contribution in [0.4, 0.5) is 5.69 Å². The third-order valence-corrected chi connectivity index (χ3v) is 4.12. The van der Waals surface area contributed by atoms with Crippen LogP contribution in [-0.4, -0.2) is 25.2 Å². The van der Waals surface area contributed by atoms with E-state index in [1.807, 2.05) is 13.8 Å². The average molecular weight is 305 g/mol. The lowest BCUT2D eigenvalue weighted by atomic mass is 9.86. The zero-order valence-electron chi connectivity index (χ0n) is 13.6. The summed E-state index contributed by atoms with van der Waals surface area (Å²) < 4.78 is 10.6. The second-order valence-corrected chi connectivity index (χ2v) is 5.78. The Morgan fingerprint density at radius 1 is 1.18 bits per heavy atom. The van der Waals surface area contributed by atoms with Crippen molar-refractivity contribution in [1.82, 2.24) is 0 Å². The van der Waals surface area contributed by atoms with Gasteiger partial charge >= 0.3 is 5.97 Å². The first-order chi connectivity index (χ1) is 10.7. The molecule has 0 atom stereocenters. The third kappa shape index (κ3) is 5.02. The number of carbonyl (C=O) groups is 1. The maximum atomic E-state index is 11.8. The summed E-state index contributed by atoms with van der Waals surface area (Å²) in [5.74, 6) is 0.0574. The van der Waals surface area contributed by atoms with Gasteiger partial charge in [-0.15, -0.1) is 0 Å². The third-order valence-electron chi connectivity index (χ3n) is 4.12. The maximum absolute atomic E-state index is 11.8. The molecule has 122 valence electrons. The molecule has 1 N–H and O–H groups in total. The van der Waals surface area contributed by atoms with Gasteiger partial charge in [-0.25, -0.2) is 0 Å². The molecule has 1 aliphatic rings. The molecule has 2 rings (SSSR count). The van der Waals surface area contributed by atoms with Gasteiger partial charge in [-0.05, 0) is 57.2 Å². The van der Waals surface area contributed by atoms with Crippen molar-refractivity contribution in [1.29, 1.82) is 0 Å². The average Bonchev–Trinajstić information content (AvgIpc) is 2.54. The van der Waals surface area contributed by atoms with Crippen molar-refractivity contribution in [2.45, 2.75) is 52.2 Å². The Morgan fingerprint density at radius 2 is 1.95 bits per heavy atom. The summed E-state index contributed by atoms with van der Waals surface area (Å²) in [4.78, 5) is 11.8. The van der Waals surface area contributed by atoms with Crippen LogP contribution in [0.3, 0.4) is 0 Å². The summed E-state index contributed by atoms with van der Waals surface area (Å²) in [5.41, 5.74) is 2.32. The normalized spacial score (nSPS) is 21.4. The molecule has 1 fully saturated rings. The molecule has 1 saturated carbocycles. The predicted octanol–water partition coefficient (Wildman–Crippen LogP) is 3.76. The van der Waals surface area contributed by atoms with E-state index < -0.39 is 0 Å².